The molecular weight excluding hydrogens is 316 g/mol. The summed E-state index contributed by atoms with van der Waals surface area (Å²) in [6.07, 6.45) is 1.49. The Hall–Kier alpha value is -3.26. The van der Waals surface area contributed by atoms with Crippen LogP contribution in [0.3, 0.4) is 0 Å². The number of hydrogen-bond donors (Lipinski definition) is 1. The van der Waals surface area contributed by atoms with Gasteiger partial charge in [-0.25, -0.2) is 0 Å². The lowest BCUT2D eigenvalue weighted by atomic mass is 10.1. The second-order valence-electron chi connectivity index (χ2n) is 5.55. The normalized spacial score (nSPS) is 10.8. The topological polar surface area (TPSA) is 71.3 Å². The van der Waals surface area contributed by atoms with E-state index in [0.717, 1.165) is 11.1 Å². The lowest BCUT2D eigenvalue weighted by molar-refractivity contribution is -0.112. The Kier molecular flexibility index (Phi) is 5.80. The molecule has 2 rings (SSSR count). The lowest BCUT2D eigenvalue weighted by Gasteiger charge is -2.10. The van der Waals surface area contributed by atoms with E-state index in [2.05, 4.69) is 5.32 Å². The van der Waals surface area contributed by atoms with Crippen molar-refractivity contribution in [1.29, 1.82) is 5.26 Å². The Bertz CT molecular complexity index is 864. The molecule has 1 N–H and O–H groups in total. The van der Waals surface area contributed by atoms with Crippen LogP contribution < -0.4 is 14.8 Å². The van der Waals surface area contributed by atoms with Gasteiger partial charge in [-0.1, -0.05) is 12.1 Å². The molecule has 0 heterocycles. The highest BCUT2D eigenvalue weighted by Crippen LogP contribution is 2.26. The molecule has 0 atom stereocenters. The molecule has 0 bridgehead atoms. The van der Waals surface area contributed by atoms with Gasteiger partial charge in [0.25, 0.3) is 5.91 Å². The summed E-state index contributed by atoms with van der Waals surface area (Å²) in [5.74, 6) is 0.688. The maximum absolute atomic E-state index is 12.5. The van der Waals surface area contributed by atoms with Crippen molar-refractivity contribution in [2.45, 2.75) is 13.8 Å². The highest BCUT2D eigenvalue weighted by molar-refractivity contribution is 6.10. The standard InChI is InChI=1S/C20H20N2O3/c1-13-5-6-14(2)18(9-13)22-20(23)16(12-21)10-15-11-17(24-3)7-8-19(15)25-4/h5-11H,1-4H3,(H,22,23)/b16-10+. The minimum absolute atomic E-state index is 0.0209. The first-order valence-corrected chi connectivity index (χ1v) is 7.71. The molecule has 5 nitrogen and oxygen atoms in total. The molecule has 25 heavy (non-hydrogen) atoms. The van der Waals surface area contributed by atoms with E-state index in [0.29, 0.717) is 22.7 Å². The average molecular weight is 336 g/mol. The van der Waals surface area contributed by atoms with Gasteiger partial charge in [0.2, 0.25) is 0 Å². The molecule has 2 aromatic carbocycles. The van der Waals surface area contributed by atoms with Crippen molar-refractivity contribution in [3.05, 3.63) is 58.7 Å². The summed E-state index contributed by atoms with van der Waals surface area (Å²) >= 11 is 0. The van der Waals surface area contributed by atoms with Crippen LogP contribution in [0.15, 0.2) is 42.0 Å². The van der Waals surface area contributed by atoms with Gasteiger partial charge in [0.05, 0.1) is 14.2 Å². The van der Waals surface area contributed by atoms with Gasteiger partial charge in [0.15, 0.2) is 0 Å². The number of hydrogen-bond acceptors (Lipinski definition) is 4. The smallest absolute Gasteiger partial charge is 0.266 e. The van der Waals surface area contributed by atoms with Gasteiger partial charge in [0.1, 0.15) is 23.1 Å². The summed E-state index contributed by atoms with van der Waals surface area (Å²) in [6, 6.07) is 12.9. The van der Waals surface area contributed by atoms with Gasteiger partial charge < -0.3 is 14.8 Å². The molecule has 0 unspecified atom stereocenters. The van der Waals surface area contributed by atoms with E-state index in [-0.39, 0.29) is 5.57 Å². The molecule has 0 saturated heterocycles. The monoisotopic (exact) mass is 336 g/mol. The molecule has 0 saturated carbocycles. The molecule has 128 valence electrons. The van der Waals surface area contributed by atoms with Crippen molar-refractivity contribution in [1.82, 2.24) is 0 Å². The summed E-state index contributed by atoms with van der Waals surface area (Å²) < 4.78 is 10.5. The summed E-state index contributed by atoms with van der Waals surface area (Å²) in [4.78, 5) is 12.5. The average Bonchev–Trinajstić information content (AvgIpc) is 2.62. The SMILES string of the molecule is COc1ccc(OC)c(/C=C(\C#N)C(=O)Nc2cc(C)ccc2C)c1. The van der Waals surface area contributed by atoms with Crippen molar-refractivity contribution < 1.29 is 14.3 Å². The lowest BCUT2D eigenvalue weighted by Crippen LogP contribution is -2.14. The number of nitrogens with one attached hydrogen (secondary N) is 1. The van der Waals surface area contributed by atoms with Gasteiger partial charge in [-0.3, -0.25) is 4.79 Å². The number of ether oxygens (including phenoxy) is 2. The van der Waals surface area contributed by atoms with Crippen molar-refractivity contribution >= 4 is 17.7 Å². The predicted octanol–water partition coefficient (Wildman–Crippen LogP) is 3.87. The molecule has 0 radical (unpaired) electrons. The van der Waals surface area contributed by atoms with Crippen molar-refractivity contribution in [3.63, 3.8) is 0 Å². The summed E-state index contributed by atoms with van der Waals surface area (Å²) in [5.41, 5.74) is 3.21. The Morgan fingerprint density at radius 1 is 1.12 bits per heavy atom. The molecule has 0 fully saturated rings. The van der Waals surface area contributed by atoms with E-state index >= 15 is 0 Å². The second kappa shape index (κ2) is 8.02. The Balaban J connectivity index is 2.36. The zero-order valence-corrected chi connectivity index (χ0v) is 14.7. The fourth-order valence-electron chi connectivity index (χ4n) is 2.32. The van der Waals surface area contributed by atoms with Crippen LogP contribution in [0, 0.1) is 25.2 Å². The van der Waals surface area contributed by atoms with Gasteiger partial charge in [-0.05, 0) is 55.3 Å². The highest BCUT2D eigenvalue weighted by Gasteiger charge is 2.13. The van der Waals surface area contributed by atoms with Crippen molar-refractivity contribution in [3.8, 4) is 17.6 Å². The van der Waals surface area contributed by atoms with Crippen LogP contribution >= 0.6 is 0 Å². The Morgan fingerprint density at radius 2 is 1.88 bits per heavy atom. The maximum atomic E-state index is 12.5. The van der Waals surface area contributed by atoms with Crippen LogP contribution in [-0.2, 0) is 4.79 Å². The van der Waals surface area contributed by atoms with Crippen LogP contribution in [0.1, 0.15) is 16.7 Å². The number of methoxy groups -OCH3 is 2. The third-order valence-electron chi connectivity index (χ3n) is 3.74. The van der Waals surface area contributed by atoms with E-state index in [4.69, 9.17) is 9.47 Å². The fourth-order valence-corrected chi connectivity index (χ4v) is 2.32. The van der Waals surface area contributed by atoms with Crippen LogP contribution in [0.5, 0.6) is 11.5 Å². The minimum atomic E-state index is -0.471. The molecule has 0 aliphatic heterocycles. The first kappa shape index (κ1) is 18.1. The molecule has 2 aromatic rings. The first-order chi connectivity index (χ1) is 12.0. The predicted molar refractivity (Wildman–Crippen MR) is 97.7 cm³/mol. The second-order valence-corrected chi connectivity index (χ2v) is 5.55. The quantitative estimate of drug-likeness (QED) is 0.665. The number of carbonyl (C=O) groups is 1. The van der Waals surface area contributed by atoms with E-state index in [1.165, 1.54) is 13.2 Å². The minimum Gasteiger partial charge on any atom is -0.497 e. The number of carbonyl (C=O) groups excluding carboxylic acids is 1. The number of amides is 1. The molecule has 5 heteroatoms. The zero-order chi connectivity index (χ0) is 18.4. The number of benzene rings is 2. The molecular formula is C20H20N2O3. The summed E-state index contributed by atoms with van der Waals surface area (Å²) in [5, 5.41) is 12.2. The van der Waals surface area contributed by atoms with Gasteiger partial charge in [-0.15, -0.1) is 0 Å². The van der Waals surface area contributed by atoms with Crippen LogP contribution in [-0.4, -0.2) is 20.1 Å². The third-order valence-corrected chi connectivity index (χ3v) is 3.74. The van der Waals surface area contributed by atoms with Crippen molar-refractivity contribution in [2.24, 2.45) is 0 Å². The number of nitriles is 1. The Morgan fingerprint density at radius 3 is 2.52 bits per heavy atom. The van der Waals surface area contributed by atoms with Crippen LogP contribution in [0.4, 0.5) is 5.69 Å². The van der Waals surface area contributed by atoms with Gasteiger partial charge in [-0.2, -0.15) is 5.26 Å². The molecule has 0 aromatic heterocycles. The highest BCUT2D eigenvalue weighted by atomic mass is 16.5. The number of aryl methyl sites for hydroxylation is 2. The third kappa shape index (κ3) is 4.39. The van der Waals surface area contributed by atoms with Gasteiger partial charge in [0, 0.05) is 11.3 Å². The van der Waals surface area contributed by atoms with E-state index < -0.39 is 5.91 Å². The van der Waals surface area contributed by atoms with Crippen LogP contribution in [0.25, 0.3) is 6.08 Å². The molecule has 1 amide bonds. The summed E-state index contributed by atoms with van der Waals surface area (Å²) in [7, 11) is 3.08. The van der Waals surface area contributed by atoms with Gasteiger partial charge >= 0.3 is 0 Å². The fraction of sp³-hybridized carbons (Fsp3) is 0.200. The van der Waals surface area contributed by atoms with E-state index in [9.17, 15) is 10.1 Å². The number of nitrogens with zero attached hydrogens (tertiary/aromatic N) is 1. The van der Waals surface area contributed by atoms with Crippen molar-refractivity contribution in [2.75, 3.05) is 19.5 Å². The van der Waals surface area contributed by atoms with Crippen LogP contribution in [0.2, 0.25) is 0 Å². The zero-order valence-electron chi connectivity index (χ0n) is 14.7. The molecule has 0 aliphatic rings. The largest absolute Gasteiger partial charge is 0.497 e. The Labute approximate surface area is 147 Å². The number of rotatable bonds is 5. The number of anilines is 1. The van der Waals surface area contributed by atoms with E-state index in [1.807, 2.05) is 38.1 Å². The van der Waals surface area contributed by atoms with E-state index in [1.54, 1.807) is 25.3 Å². The molecule has 0 aliphatic carbocycles. The molecule has 0 spiro atoms. The maximum Gasteiger partial charge on any atom is 0.266 e. The first-order valence-electron chi connectivity index (χ1n) is 7.71. The summed E-state index contributed by atoms with van der Waals surface area (Å²) in [6.45, 7) is 3.84.